The Bertz CT molecular complexity index is 256. The van der Waals surface area contributed by atoms with Gasteiger partial charge in [0.15, 0.2) is 0 Å². The molecule has 72 valence electrons. The topological polar surface area (TPSA) is 70.9 Å². The summed E-state index contributed by atoms with van der Waals surface area (Å²) in [5.41, 5.74) is 6.13. The number of primary amides is 1. The van der Waals surface area contributed by atoms with Crippen LogP contribution in [0.15, 0.2) is 18.5 Å². The molecule has 13 heavy (non-hydrogen) atoms. The quantitative estimate of drug-likeness (QED) is 0.636. The Morgan fingerprint density at radius 3 is 3.00 bits per heavy atom. The normalized spacial score (nSPS) is 12.4. The lowest BCUT2D eigenvalue weighted by Gasteiger charge is -2.13. The van der Waals surface area contributed by atoms with E-state index in [0.717, 1.165) is 18.5 Å². The average Bonchev–Trinajstić information content (AvgIpc) is 2.56. The SMILES string of the molecule is CCCC(Nc1cc[nH]c1)C(N)=O. The maximum atomic E-state index is 11.0. The number of H-pyrrole nitrogens is 1. The third kappa shape index (κ3) is 2.82. The first-order valence-electron chi connectivity index (χ1n) is 4.42. The van der Waals surface area contributed by atoms with Gasteiger partial charge in [-0.15, -0.1) is 0 Å². The standard InChI is InChI=1S/C9H15N3O/c1-2-3-8(9(10)13)12-7-4-5-11-6-7/h4-6,8,11-12H,2-3H2,1H3,(H2,10,13). The van der Waals surface area contributed by atoms with Crippen molar-refractivity contribution < 1.29 is 4.79 Å². The summed E-state index contributed by atoms with van der Waals surface area (Å²) < 4.78 is 0. The van der Waals surface area contributed by atoms with E-state index >= 15 is 0 Å². The Kier molecular flexibility index (Phi) is 3.37. The number of anilines is 1. The van der Waals surface area contributed by atoms with E-state index in [9.17, 15) is 4.79 Å². The van der Waals surface area contributed by atoms with E-state index in [2.05, 4.69) is 10.3 Å². The third-order valence-electron chi connectivity index (χ3n) is 1.86. The summed E-state index contributed by atoms with van der Waals surface area (Å²) in [6.45, 7) is 2.02. The van der Waals surface area contributed by atoms with Crippen LogP contribution in [0.4, 0.5) is 5.69 Å². The van der Waals surface area contributed by atoms with Gasteiger partial charge in [-0.25, -0.2) is 0 Å². The Hall–Kier alpha value is -1.45. The van der Waals surface area contributed by atoms with Crippen LogP contribution in [-0.2, 0) is 4.79 Å². The Morgan fingerprint density at radius 2 is 2.54 bits per heavy atom. The van der Waals surface area contributed by atoms with Crippen LogP contribution in [0.3, 0.4) is 0 Å². The fourth-order valence-electron chi connectivity index (χ4n) is 1.19. The first kappa shape index (κ1) is 9.64. The second-order valence-corrected chi connectivity index (χ2v) is 2.99. The molecule has 1 rings (SSSR count). The summed E-state index contributed by atoms with van der Waals surface area (Å²) in [7, 11) is 0. The first-order valence-corrected chi connectivity index (χ1v) is 4.42. The van der Waals surface area contributed by atoms with Gasteiger partial charge in [-0.05, 0) is 12.5 Å². The van der Waals surface area contributed by atoms with E-state index in [1.807, 2.05) is 13.0 Å². The van der Waals surface area contributed by atoms with E-state index in [0.29, 0.717) is 0 Å². The van der Waals surface area contributed by atoms with Crippen molar-refractivity contribution in [1.29, 1.82) is 0 Å². The molecular formula is C9H15N3O. The van der Waals surface area contributed by atoms with Crippen molar-refractivity contribution in [2.75, 3.05) is 5.32 Å². The Morgan fingerprint density at radius 1 is 1.77 bits per heavy atom. The van der Waals surface area contributed by atoms with Gasteiger partial charge in [0.05, 0.1) is 5.69 Å². The Balaban J connectivity index is 2.52. The van der Waals surface area contributed by atoms with E-state index in [1.54, 1.807) is 12.4 Å². The minimum absolute atomic E-state index is 0.263. The van der Waals surface area contributed by atoms with Crippen molar-refractivity contribution in [3.05, 3.63) is 18.5 Å². The number of aromatic amines is 1. The van der Waals surface area contributed by atoms with Gasteiger partial charge < -0.3 is 16.0 Å². The highest BCUT2D eigenvalue weighted by atomic mass is 16.1. The molecule has 0 aliphatic carbocycles. The van der Waals surface area contributed by atoms with Crippen molar-refractivity contribution in [1.82, 2.24) is 4.98 Å². The summed E-state index contributed by atoms with van der Waals surface area (Å²) in [4.78, 5) is 13.9. The second kappa shape index (κ2) is 4.54. The summed E-state index contributed by atoms with van der Waals surface area (Å²) in [5.74, 6) is -0.303. The highest BCUT2D eigenvalue weighted by Crippen LogP contribution is 2.08. The summed E-state index contributed by atoms with van der Waals surface area (Å²) in [5, 5.41) is 3.05. The molecule has 0 bridgehead atoms. The van der Waals surface area contributed by atoms with E-state index < -0.39 is 0 Å². The number of amides is 1. The van der Waals surface area contributed by atoms with Crippen LogP contribution in [0.25, 0.3) is 0 Å². The highest BCUT2D eigenvalue weighted by Gasteiger charge is 2.13. The van der Waals surface area contributed by atoms with Crippen molar-refractivity contribution in [2.45, 2.75) is 25.8 Å². The maximum Gasteiger partial charge on any atom is 0.239 e. The van der Waals surface area contributed by atoms with Gasteiger partial charge in [-0.1, -0.05) is 13.3 Å². The molecule has 0 saturated carbocycles. The number of nitrogens with two attached hydrogens (primary N) is 1. The molecule has 4 N–H and O–H groups in total. The Labute approximate surface area is 77.5 Å². The lowest BCUT2D eigenvalue weighted by molar-refractivity contribution is -0.118. The zero-order valence-electron chi connectivity index (χ0n) is 7.71. The number of hydrogen-bond donors (Lipinski definition) is 3. The van der Waals surface area contributed by atoms with Gasteiger partial charge in [0, 0.05) is 12.4 Å². The zero-order chi connectivity index (χ0) is 9.68. The predicted octanol–water partition coefficient (Wildman–Crippen LogP) is 1.08. The molecule has 0 spiro atoms. The fraction of sp³-hybridized carbons (Fsp3) is 0.444. The molecule has 1 amide bonds. The zero-order valence-corrected chi connectivity index (χ0v) is 7.71. The van der Waals surface area contributed by atoms with Crippen molar-refractivity contribution in [3.8, 4) is 0 Å². The van der Waals surface area contributed by atoms with Gasteiger partial charge in [-0.2, -0.15) is 0 Å². The smallest absolute Gasteiger partial charge is 0.239 e. The van der Waals surface area contributed by atoms with Gasteiger partial charge in [0.2, 0.25) is 5.91 Å². The monoisotopic (exact) mass is 181 g/mol. The molecule has 0 aliphatic rings. The van der Waals surface area contributed by atoms with Crippen molar-refractivity contribution >= 4 is 11.6 Å². The van der Waals surface area contributed by atoms with Crippen LogP contribution in [0.1, 0.15) is 19.8 Å². The number of hydrogen-bond acceptors (Lipinski definition) is 2. The molecule has 1 aromatic heterocycles. The average molecular weight is 181 g/mol. The minimum Gasteiger partial charge on any atom is -0.372 e. The molecule has 4 heteroatoms. The van der Waals surface area contributed by atoms with E-state index in [4.69, 9.17) is 5.73 Å². The van der Waals surface area contributed by atoms with Crippen LogP contribution in [0, 0.1) is 0 Å². The lowest BCUT2D eigenvalue weighted by atomic mass is 10.1. The summed E-state index contributed by atoms with van der Waals surface area (Å²) >= 11 is 0. The molecule has 1 atom stereocenters. The van der Waals surface area contributed by atoms with Crippen LogP contribution in [0.2, 0.25) is 0 Å². The molecule has 0 saturated heterocycles. The molecule has 0 radical (unpaired) electrons. The number of nitrogens with one attached hydrogen (secondary N) is 2. The largest absolute Gasteiger partial charge is 0.372 e. The number of carbonyl (C=O) groups is 1. The minimum atomic E-state index is -0.303. The van der Waals surface area contributed by atoms with Crippen LogP contribution >= 0.6 is 0 Å². The molecule has 4 nitrogen and oxygen atoms in total. The molecule has 0 aromatic carbocycles. The van der Waals surface area contributed by atoms with Gasteiger partial charge in [-0.3, -0.25) is 4.79 Å². The fourth-order valence-corrected chi connectivity index (χ4v) is 1.19. The highest BCUT2D eigenvalue weighted by molar-refractivity contribution is 5.82. The van der Waals surface area contributed by atoms with E-state index in [1.165, 1.54) is 0 Å². The number of carbonyl (C=O) groups excluding carboxylic acids is 1. The van der Waals surface area contributed by atoms with Gasteiger partial charge in [0.25, 0.3) is 0 Å². The molecule has 1 aromatic rings. The van der Waals surface area contributed by atoms with Crippen LogP contribution < -0.4 is 11.1 Å². The van der Waals surface area contributed by atoms with Crippen LogP contribution in [0.5, 0.6) is 0 Å². The van der Waals surface area contributed by atoms with Crippen molar-refractivity contribution in [3.63, 3.8) is 0 Å². The maximum absolute atomic E-state index is 11.0. The van der Waals surface area contributed by atoms with Gasteiger partial charge in [0.1, 0.15) is 6.04 Å². The lowest BCUT2D eigenvalue weighted by Crippen LogP contribution is -2.35. The van der Waals surface area contributed by atoms with Crippen molar-refractivity contribution in [2.24, 2.45) is 5.73 Å². The second-order valence-electron chi connectivity index (χ2n) is 2.99. The molecule has 1 heterocycles. The van der Waals surface area contributed by atoms with Gasteiger partial charge >= 0.3 is 0 Å². The number of aromatic nitrogens is 1. The first-order chi connectivity index (χ1) is 6.24. The summed E-state index contributed by atoms with van der Waals surface area (Å²) in [6, 6.07) is 1.60. The molecule has 0 fully saturated rings. The molecular weight excluding hydrogens is 166 g/mol. The third-order valence-corrected chi connectivity index (χ3v) is 1.86. The predicted molar refractivity (Wildman–Crippen MR) is 52.3 cm³/mol. The molecule has 1 unspecified atom stereocenters. The molecule has 0 aliphatic heterocycles. The van der Waals surface area contributed by atoms with Crippen LogP contribution in [-0.4, -0.2) is 16.9 Å². The summed E-state index contributed by atoms with van der Waals surface area (Å²) in [6.07, 6.45) is 5.30. The number of rotatable bonds is 5. The van der Waals surface area contributed by atoms with E-state index in [-0.39, 0.29) is 11.9 Å².